The minimum atomic E-state index is -0.436. The Bertz CT molecular complexity index is 439. The van der Waals surface area contributed by atoms with Crippen LogP contribution in [0.25, 0.3) is 6.08 Å². The second-order valence-electron chi connectivity index (χ2n) is 4.08. The van der Waals surface area contributed by atoms with E-state index in [1.165, 1.54) is 6.07 Å². The number of amides is 1. The maximum absolute atomic E-state index is 13.6. The molecule has 1 aliphatic rings. The zero-order valence-corrected chi connectivity index (χ0v) is 9.50. The van der Waals surface area contributed by atoms with Gasteiger partial charge in [-0.05, 0) is 37.1 Å². The highest BCUT2D eigenvalue weighted by atomic mass is 19.1. The van der Waals surface area contributed by atoms with E-state index in [1.807, 2.05) is 0 Å². The molecule has 1 aliphatic heterocycles. The highest BCUT2D eigenvalue weighted by Gasteiger charge is 2.22. The van der Waals surface area contributed by atoms with Crippen LogP contribution in [-0.2, 0) is 4.79 Å². The summed E-state index contributed by atoms with van der Waals surface area (Å²) in [7, 11) is 0. The molecule has 1 amide bonds. The van der Waals surface area contributed by atoms with Gasteiger partial charge in [0.25, 0.3) is 0 Å². The van der Waals surface area contributed by atoms with Crippen LogP contribution in [0.4, 0.5) is 10.1 Å². The van der Waals surface area contributed by atoms with Crippen LogP contribution in [-0.4, -0.2) is 18.5 Å². The van der Waals surface area contributed by atoms with Gasteiger partial charge in [-0.25, -0.2) is 4.39 Å². The van der Waals surface area contributed by atoms with Crippen LogP contribution in [0.15, 0.2) is 24.8 Å². The molecule has 0 aliphatic carbocycles. The standard InChI is InChI=1S/C13H15FN2O/c1-2-9-5-6-11(10(14)8-9)16-13(17)12-4-3-7-15-12/h2,5-6,8,12,15H,1,3-4,7H2,(H,16,17)/t12-/m0/s1. The first-order valence-corrected chi connectivity index (χ1v) is 5.67. The summed E-state index contributed by atoms with van der Waals surface area (Å²) in [4.78, 5) is 11.8. The van der Waals surface area contributed by atoms with Gasteiger partial charge in [-0.1, -0.05) is 18.7 Å². The molecule has 0 unspecified atom stereocenters. The molecule has 0 spiro atoms. The monoisotopic (exact) mass is 234 g/mol. The molecule has 0 bridgehead atoms. The van der Waals surface area contributed by atoms with Crippen molar-refractivity contribution in [3.05, 3.63) is 36.2 Å². The Morgan fingerprint density at radius 3 is 3.00 bits per heavy atom. The third-order valence-electron chi connectivity index (χ3n) is 2.86. The average molecular weight is 234 g/mol. The molecule has 0 aromatic heterocycles. The maximum Gasteiger partial charge on any atom is 0.241 e. The lowest BCUT2D eigenvalue weighted by atomic mass is 10.1. The van der Waals surface area contributed by atoms with Gasteiger partial charge in [-0.2, -0.15) is 0 Å². The minimum Gasteiger partial charge on any atom is -0.322 e. The zero-order chi connectivity index (χ0) is 12.3. The number of nitrogens with one attached hydrogen (secondary N) is 2. The van der Waals surface area contributed by atoms with Gasteiger partial charge in [0.2, 0.25) is 5.91 Å². The molecule has 0 radical (unpaired) electrons. The number of carbonyl (C=O) groups excluding carboxylic acids is 1. The molecule has 2 N–H and O–H groups in total. The number of benzene rings is 1. The topological polar surface area (TPSA) is 41.1 Å². The lowest BCUT2D eigenvalue weighted by molar-refractivity contribution is -0.117. The largest absolute Gasteiger partial charge is 0.322 e. The van der Waals surface area contributed by atoms with Crippen molar-refractivity contribution >= 4 is 17.7 Å². The fraction of sp³-hybridized carbons (Fsp3) is 0.308. The van der Waals surface area contributed by atoms with Crippen LogP contribution >= 0.6 is 0 Å². The van der Waals surface area contributed by atoms with Crippen LogP contribution in [0, 0.1) is 5.82 Å². The number of hydrogen-bond donors (Lipinski definition) is 2. The third-order valence-corrected chi connectivity index (χ3v) is 2.86. The van der Waals surface area contributed by atoms with Gasteiger partial charge in [-0.3, -0.25) is 4.79 Å². The summed E-state index contributed by atoms with van der Waals surface area (Å²) in [6, 6.07) is 4.42. The molecule has 3 nitrogen and oxygen atoms in total. The zero-order valence-electron chi connectivity index (χ0n) is 9.50. The second-order valence-corrected chi connectivity index (χ2v) is 4.08. The molecule has 1 saturated heterocycles. The summed E-state index contributed by atoms with van der Waals surface area (Å²) in [6.07, 6.45) is 3.35. The van der Waals surface area contributed by atoms with Crippen LogP contribution in [0.5, 0.6) is 0 Å². The highest BCUT2D eigenvalue weighted by molar-refractivity contribution is 5.95. The lowest BCUT2D eigenvalue weighted by Crippen LogP contribution is -2.35. The van der Waals surface area contributed by atoms with Gasteiger partial charge in [0.15, 0.2) is 0 Å². The molecular weight excluding hydrogens is 219 g/mol. The van der Waals surface area contributed by atoms with Crippen molar-refractivity contribution in [1.82, 2.24) is 5.32 Å². The Morgan fingerprint density at radius 2 is 2.41 bits per heavy atom. The summed E-state index contributed by atoms with van der Waals surface area (Å²) >= 11 is 0. The predicted octanol–water partition coefficient (Wildman–Crippen LogP) is 2.16. The highest BCUT2D eigenvalue weighted by Crippen LogP contribution is 2.17. The third kappa shape index (κ3) is 2.71. The Balaban J connectivity index is 2.07. The summed E-state index contributed by atoms with van der Waals surface area (Å²) in [5.74, 6) is -0.610. The number of carbonyl (C=O) groups is 1. The number of rotatable bonds is 3. The Hall–Kier alpha value is -1.68. The number of anilines is 1. The average Bonchev–Trinajstić information content (AvgIpc) is 2.85. The van der Waals surface area contributed by atoms with Gasteiger partial charge in [0, 0.05) is 0 Å². The predicted molar refractivity (Wildman–Crippen MR) is 66.1 cm³/mol. The first-order valence-electron chi connectivity index (χ1n) is 5.67. The van der Waals surface area contributed by atoms with Gasteiger partial charge < -0.3 is 10.6 Å². The van der Waals surface area contributed by atoms with E-state index in [-0.39, 0.29) is 17.6 Å². The number of hydrogen-bond acceptors (Lipinski definition) is 2. The quantitative estimate of drug-likeness (QED) is 0.841. The molecule has 1 heterocycles. The van der Waals surface area contributed by atoms with Crippen molar-refractivity contribution < 1.29 is 9.18 Å². The van der Waals surface area contributed by atoms with Crippen LogP contribution < -0.4 is 10.6 Å². The van der Waals surface area contributed by atoms with Crippen LogP contribution in [0.3, 0.4) is 0 Å². The van der Waals surface area contributed by atoms with Gasteiger partial charge in [-0.15, -0.1) is 0 Å². The van der Waals surface area contributed by atoms with E-state index in [9.17, 15) is 9.18 Å². The first kappa shape index (κ1) is 11.8. The molecule has 90 valence electrons. The fourth-order valence-electron chi connectivity index (χ4n) is 1.89. The first-order chi connectivity index (χ1) is 8.20. The van der Waals surface area contributed by atoms with Crippen LogP contribution in [0.1, 0.15) is 18.4 Å². The van der Waals surface area contributed by atoms with Crippen molar-refractivity contribution in [3.63, 3.8) is 0 Å². The van der Waals surface area contributed by atoms with Gasteiger partial charge in [0.1, 0.15) is 5.82 Å². The van der Waals surface area contributed by atoms with Gasteiger partial charge >= 0.3 is 0 Å². The van der Waals surface area contributed by atoms with E-state index in [1.54, 1.807) is 18.2 Å². The second kappa shape index (κ2) is 5.10. The summed E-state index contributed by atoms with van der Waals surface area (Å²) < 4.78 is 13.6. The molecule has 0 saturated carbocycles. The molecule has 17 heavy (non-hydrogen) atoms. The normalized spacial score (nSPS) is 19.0. The van der Waals surface area contributed by atoms with Crippen molar-refractivity contribution in [3.8, 4) is 0 Å². The Morgan fingerprint density at radius 1 is 1.59 bits per heavy atom. The fourth-order valence-corrected chi connectivity index (χ4v) is 1.89. The Labute approximate surface area is 99.7 Å². The van der Waals surface area contributed by atoms with E-state index in [0.717, 1.165) is 19.4 Å². The Kier molecular flexibility index (Phi) is 3.54. The minimum absolute atomic E-state index is 0.173. The number of halogens is 1. The van der Waals surface area contributed by atoms with E-state index in [0.29, 0.717) is 5.56 Å². The molecule has 2 rings (SSSR count). The summed E-state index contributed by atoms with van der Waals surface area (Å²) in [5, 5.41) is 5.66. The molecule has 1 atom stereocenters. The van der Waals surface area contributed by atoms with E-state index < -0.39 is 5.82 Å². The van der Waals surface area contributed by atoms with Gasteiger partial charge in [0.05, 0.1) is 11.7 Å². The summed E-state index contributed by atoms with van der Waals surface area (Å²) in [5.41, 5.74) is 0.911. The molecule has 1 fully saturated rings. The van der Waals surface area contributed by atoms with Crippen molar-refractivity contribution in [2.75, 3.05) is 11.9 Å². The van der Waals surface area contributed by atoms with Crippen molar-refractivity contribution in [2.45, 2.75) is 18.9 Å². The molecule has 1 aromatic carbocycles. The van der Waals surface area contributed by atoms with E-state index in [4.69, 9.17) is 0 Å². The molecular formula is C13H15FN2O. The summed E-state index contributed by atoms with van der Waals surface area (Å²) in [6.45, 7) is 4.40. The van der Waals surface area contributed by atoms with E-state index >= 15 is 0 Å². The molecule has 4 heteroatoms. The lowest BCUT2D eigenvalue weighted by Gasteiger charge is -2.11. The maximum atomic E-state index is 13.6. The SMILES string of the molecule is C=Cc1ccc(NC(=O)[C@@H]2CCCN2)c(F)c1. The molecule has 1 aromatic rings. The van der Waals surface area contributed by atoms with Crippen LogP contribution in [0.2, 0.25) is 0 Å². The van der Waals surface area contributed by atoms with Crippen molar-refractivity contribution in [1.29, 1.82) is 0 Å². The smallest absolute Gasteiger partial charge is 0.241 e. The van der Waals surface area contributed by atoms with Crippen molar-refractivity contribution in [2.24, 2.45) is 0 Å². The van der Waals surface area contributed by atoms with E-state index in [2.05, 4.69) is 17.2 Å².